The van der Waals surface area contributed by atoms with Crippen LogP contribution in [0.5, 0.6) is 5.75 Å². The molecule has 1 atom stereocenters. The molecule has 1 aliphatic rings. The van der Waals surface area contributed by atoms with Crippen molar-refractivity contribution in [3.05, 3.63) is 83.6 Å². The fourth-order valence-electron chi connectivity index (χ4n) is 4.93. The number of phenolic OH excluding ortho intramolecular Hbond substituents is 1. The quantitative estimate of drug-likeness (QED) is 0.357. The summed E-state index contributed by atoms with van der Waals surface area (Å²) in [7, 11) is 0. The van der Waals surface area contributed by atoms with Crippen molar-refractivity contribution < 1.29 is 24.2 Å². The van der Waals surface area contributed by atoms with Gasteiger partial charge in [-0.1, -0.05) is 43.5 Å². The van der Waals surface area contributed by atoms with Gasteiger partial charge in [0.25, 0.3) is 5.91 Å². The Bertz CT molecular complexity index is 1430. The number of halogens is 1. The maximum absolute atomic E-state index is 13.6. The molecule has 0 saturated heterocycles. The molecule has 1 saturated carbocycles. The van der Waals surface area contributed by atoms with Crippen LogP contribution >= 0.6 is 0 Å². The van der Waals surface area contributed by atoms with Crippen LogP contribution in [0.4, 0.5) is 4.39 Å². The zero-order chi connectivity index (χ0) is 25.2. The molecule has 1 amide bonds. The largest absolute Gasteiger partial charge is 0.508 e. The normalized spacial score (nSPS) is 15.0. The second-order valence-electron chi connectivity index (χ2n) is 9.03. The molecule has 36 heavy (non-hydrogen) atoms. The molecule has 3 N–H and O–H groups in total. The summed E-state index contributed by atoms with van der Waals surface area (Å²) < 4.78 is 15.2. The van der Waals surface area contributed by atoms with Crippen LogP contribution in [0.25, 0.3) is 16.8 Å². The predicted octanol–water partition coefficient (Wildman–Crippen LogP) is 4.84. The van der Waals surface area contributed by atoms with Gasteiger partial charge in [-0.2, -0.15) is 5.10 Å². The minimum Gasteiger partial charge on any atom is -0.508 e. The molecule has 0 bridgehead atoms. The van der Waals surface area contributed by atoms with Crippen LogP contribution in [0, 0.1) is 5.82 Å². The third-order valence-corrected chi connectivity index (χ3v) is 6.68. The maximum atomic E-state index is 13.6. The molecule has 4 aromatic rings. The second kappa shape index (κ2) is 9.77. The van der Waals surface area contributed by atoms with E-state index in [1.807, 2.05) is 0 Å². The van der Waals surface area contributed by atoms with Crippen LogP contribution in [-0.2, 0) is 4.79 Å². The lowest BCUT2D eigenvalue weighted by Crippen LogP contribution is -2.33. The molecule has 1 aliphatic carbocycles. The first-order chi connectivity index (χ1) is 17.4. The number of carboxylic acid groups (broad SMARTS) is 1. The maximum Gasteiger partial charge on any atom is 0.330 e. The monoisotopic (exact) mass is 488 g/mol. The van der Waals surface area contributed by atoms with Crippen LogP contribution < -0.4 is 5.32 Å². The first-order valence-corrected chi connectivity index (χ1v) is 11.9. The number of aliphatic carboxylic acids is 1. The highest BCUT2D eigenvalue weighted by Gasteiger charge is 2.28. The Hall–Kier alpha value is -4.27. The molecular formula is C27H25FN4O4. The van der Waals surface area contributed by atoms with Crippen LogP contribution in [0.3, 0.4) is 0 Å². The Morgan fingerprint density at radius 2 is 1.81 bits per heavy atom. The fraction of sp³-hybridized carbons (Fsp3) is 0.259. The van der Waals surface area contributed by atoms with E-state index in [1.165, 1.54) is 42.6 Å². The number of nitrogens with one attached hydrogen (secondary N) is 1. The Labute approximate surface area is 206 Å². The summed E-state index contributed by atoms with van der Waals surface area (Å²) in [5.41, 5.74) is 3.24. The summed E-state index contributed by atoms with van der Waals surface area (Å²) in [6, 6.07) is 10.6. The number of carbonyl (C=O) groups is 2. The SMILES string of the molecule is O=C(NC(C(=O)O)c1cccc(O)c1)c1cnn2c(C3CCCCC3)c(-c3ccc(F)cc3)cnc12. The number of carboxylic acids is 1. The smallest absolute Gasteiger partial charge is 0.330 e. The van der Waals surface area contributed by atoms with Gasteiger partial charge in [0.05, 0.1) is 11.9 Å². The zero-order valence-corrected chi connectivity index (χ0v) is 19.4. The van der Waals surface area contributed by atoms with Gasteiger partial charge in [0.2, 0.25) is 0 Å². The third-order valence-electron chi connectivity index (χ3n) is 6.68. The first kappa shape index (κ1) is 23.5. The molecule has 1 fully saturated rings. The molecule has 2 heterocycles. The van der Waals surface area contributed by atoms with Gasteiger partial charge in [-0.3, -0.25) is 4.79 Å². The predicted molar refractivity (Wildman–Crippen MR) is 130 cm³/mol. The number of phenols is 1. The number of fused-ring (bicyclic) bond motifs is 1. The number of aromatic hydroxyl groups is 1. The van der Waals surface area contributed by atoms with Crippen molar-refractivity contribution >= 4 is 17.5 Å². The topological polar surface area (TPSA) is 117 Å². The number of rotatable bonds is 6. The van der Waals surface area contributed by atoms with Crippen LogP contribution in [0.1, 0.15) is 65.7 Å². The van der Waals surface area contributed by atoms with E-state index in [0.717, 1.165) is 48.9 Å². The minimum atomic E-state index is -1.36. The Morgan fingerprint density at radius 3 is 2.50 bits per heavy atom. The number of carbonyl (C=O) groups excluding carboxylic acids is 1. The average molecular weight is 489 g/mol. The summed E-state index contributed by atoms with van der Waals surface area (Å²) in [6.45, 7) is 0. The number of nitrogens with zero attached hydrogens (tertiary/aromatic N) is 3. The fourth-order valence-corrected chi connectivity index (χ4v) is 4.93. The molecular weight excluding hydrogens is 463 g/mol. The van der Waals surface area contributed by atoms with Gasteiger partial charge in [-0.15, -0.1) is 0 Å². The van der Waals surface area contributed by atoms with Gasteiger partial charge < -0.3 is 15.5 Å². The van der Waals surface area contributed by atoms with Crippen molar-refractivity contribution in [2.24, 2.45) is 0 Å². The molecule has 9 heteroatoms. The summed E-state index contributed by atoms with van der Waals surface area (Å²) in [5, 5.41) is 26.5. The molecule has 1 unspecified atom stereocenters. The second-order valence-corrected chi connectivity index (χ2v) is 9.03. The van der Waals surface area contributed by atoms with E-state index in [2.05, 4.69) is 15.4 Å². The Kier molecular flexibility index (Phi) is 6.37. The van der Waals surface area contributed by atoms with E-state index >= 15 is 0 Å². The van der Waals surface area contributed by atoms with Gasteiger partial charge >= 0.3 is 5.97 Å². The van der Waals surface area contributed by atoms with Crippen molar-refractivity contribution in [2.75, 3.05) is 0 Å². The Balaban J connectivity index is 1.56. The lowest BCUT2D eigenvalue weighted by atomic mass is 9.84. The van der Waals surface area contributed by atoms with E-state index in [0.29, 0.717) is 5.65 Å². The van der Waals surface area contributed by atoms with Crippen molar-refractivity contribution in [3.8, 4) is 16.9 Å². The van der Waals surface area contributed by atoms with Gasteiger partial charge in [-0.25, -0.2) is 18.7 Å². The zero-order valence-electron chi connectivity index (χ0n) is 19.4. The molecule has 2 aromatic carbocycles. The van der Waals surface area contributed by atoms with Crippen LogP contribution in [0.2, 0.25) is 0 Å². The van der Waals surface area contributed by atoms with E-state index in [4.69, 9.17) is 0 Å². The van der Waals surface area contributed by atoms with E-state index in [-0.39, 0.29) is 28.6 Å². The number of hydrogen-bond acceptors (Lipinski definition) is 5. The molecule has 8 nitrogen and oxygen atoms in total. The van der Waals surface area contributed by atoms with Gasteiger partial charge in [0.15, 0.2) is 11.7 Å². The highest BCUT2D eigenvalue weighted by molar-refractivity contribution is 6.01. The molecule has 2 aromatic heterocycles. The van der Waals surface area contributed by atoms with Crippen molar-refractivity contribution in [2.45, 2.75) is 44.1 Å². The number of benzene rings is 2. The number of amides is 1. The molecule has 0 radical (unpaired) electrons. The molecule has 184 valence electrons. The number of aromatic nitrogens is 3. The standard InChI is InChI=1S/C27H25FN4O4/c28-19-11-9-16(10-12-19)21-14-29-25-22(15-30-32(25)24(21)17-5-2-1-3-6-17)26(34)31-23(27(35)36)18-7-4-8-20(33)13-18/h4,7-15,17,23,33H,1-3,5-6H2,(H,31,34)(H,35,36). The average Bonchev–Trinajstić information content (AvgIpc) is 3.32. The highest BCUT2D eigenvalue weighted by Crippen LogP contribution is 2.38. The van der Waals surface area contributed by atoms with E-state index in [1.54, 1.807) is 22.8 Å². The molecule has 0 spiro atoms. The lowest BCUT2D eigenvalue weighted by Gasteiger charge is -2.25. The third kappa shape index (κ3) is 4.51. The summed E-state index contributed by atoms with van der Waals surface area (Å²) in [4.78, 5) is 29.6. The lowest BCUT2D eigenvalue weighted by molar-refractivity contribution is -0.139. The van der Waals surface area contributed by atoms with Gasteiger partial charge in [0.1, 0.15) is 17.1 Å². The highest BCUT2D eigenvalue weighted by atomic mass is 19.1. The van der Waals surface area contributed by atoms with Gasteiger partial charge in [0, 0.05) is 17.7 Å². The van der Waals surface area contributed by atoms with Crippen molar-refractivity contribution in [1.82, 2.24) is 19.9 Å². The summed E-state index contributed by atoms with van der Waals surface area (Å²) in [5.74, 6) is -2.14. The van der Waals surface area contributed by atoms with Crippen molar-refractivity contribution in [3.63, 3.8) is 0 Å². The molecule has 0 aliphatic heterocycles. The summed E-state index contributed by atoms with van der Waals surface area (Å²) in [6.07, 6.45) is 8.32. The van der Waals surface area contributed by atoms with E-state index < -0.39 is 17.9 Å². The van der Waals surface area contributed by atoms with Crippen LogP contribution in [-0.4, -0.2) is 36.7 Å². The number of hydrogen-bond donors (Lipinski definition) is 3. The van der Waals surface area contributed by atoms with Gasteiger partial charge in [-0.05, 0) is 48.2 Å². The summed E-state index contributed by atoms with van der Waals surface area (Å²) >= 11 is 0. The minimum absolute atomic E-state index is 0.101. The Morgan fingerprint density at radius 1 is 1.06 bits per heavy atom. The first-order valence-electron chi connectivity index (χ1n) is 11.9. The molecule has 5 rings (SSSR count). The van der Waals surface area contributed by atoms with E-state index in [9.17, 15) is 24.2 Å². The van der Waals surface area contributed by atoms with Crippen LogP contribution in [0.15, 0.2) is 60.9 Å². The van der Waals surface area contributed by atoms with Crippen molar-refractivity contribution in [1.29, 1.82) is 0 Å².